The largest absolute Gasteiger partial charge is 0.497 e. The Morgan fingerprint density at radius 2 is 1.89 bits per heavy atom. The van der Waals surface area contributed by atoms with Crippen LogP contribution in [0, 0.1) is 0 Å². The van der Waals surface area contributed by atoms with E-state index >= 15 is 0 Å². The molecule has 8 heteroatoms. The maximum absolute atomic E-state index is 13.0. The van der Waals surface area contributed by atoms with Crippen LogP contribution in [0.1, 0.15) is 36.9 Å². The third-order valence-electron chi connectivity index (χ3n) is 5.91. The summed E-state index contributed by atoms with van der Waals surface area (Å²) in [5, 5.41) is 3.02. The molecule has 1 aliphatic heterocycles. The van der Waals surface area contributed by atoms with Crippen molar-refractivity contribution in [2.24, 2.45) is 0 Å². The molecule has 0 radical (unpaired) electrons. The van der Waals surface area contributed by atoms with E-state index in [1.165, 1.54) is 0 Å². The molecule has 1 aromatic heterocycles. The van der Waals surface area contributed by atoms with Crippen LogP contribution in [0.25, 0.3) is 0 Å². The second-order valence-corrected chi connectivity index (χ2v) is 8.10. The van der Waals surface area contributed by atoms with Gasteiger partial charge in [0.25, 0.3) is 0 Å². The van der Waals surface area contributed by atoms with Crippen molar-refractivity contribution in [3.63, 3.8) is 0 Å². The van der Waals surface area contributed by atoms with Crippen LogP contribution < -0.4 is 24.3 Å². The van der Waals surface area contributed by atoms with Crippen molar-refractivity contribution in [1.29, 1.82) is 0 Å². The maximum atomic E-state index is 13.0. The average Bonchev–Trinajstić information content (AvgIpc) is 3.39. The molecule has 1 aliphatic rings. The lowest BCUT2D eigenvalue weighted by Gasteiger charge is -2.27. The maximum Gasteiger partial charge on any atom is 0.318 e. The Hall–Kier alpha value is -3.94. The van der Waals surface area contributed by atoms with Crippen LogP contribution in [0.3, 0.4) is 0 Å². The van der Waals surface area contributed by atoms with Crippen LogP contribution in [0.4, 0.5) is 4.79 Å². The molecular weight excluding hydrogens is 446 g/mol. The zero-order valence-corrected chi connectivity index (χ0v) is 20.3. The van der Waals surface area contributed by atoms with Crippen molar-refractivity contribution < 1.29 is 23.7 Å². The lowest BCUT2D eigenvalue weighted by Crippen LogP contribution is -2.39. The summed E-state index contributed by atoms with van der Waals surface area (Å²) in [5.41, 5.74) is 1.83. The van der Waals surface area contributed by atoms with Crippen LogP contribution in [-0.2, 0) is 6.54 Å². The van der Waals surface area contributed by atoms with E-state index in [1.807, 2.05) is 60.4 Å². The van der Waals surface area contributed by atoms with Gasteiger partial charge in [-0.15, -0.1) is 0 Å². The van der Waals surface area contributed by atoms with Gasteiger partial charge in [-0.3, -0.25) is 0 Å². The smallest absolute Gasteiger partial charge is 0.318 e. The first kappa shape index (κ1) is 24.2. The van der Waals surface area contributed by atoms with E-state index in [4.69, 9.17) is 18.9 Å². The molecule has 1 unspecified atom stereocenters. The van der Waals surface area contributed by atoms with Crippen LogP contribution >= 0.6 is 0 Å². The van der Waals surface area contributed by atoms with E-state index in [0.717, 1.165) is 35.5 Å². The molecule has 3 aromatic rings. The Morgan fingerprint density at radius 3 is 2.60 bits per heavy atom. The molecule has 4 rings (SSSR count). The zero-order chi connectivity index (χ0) is 24.6. The first-order valence-electron chi connectivity index (χ1n) is 11.7. The molecule has 0 bridgehead atoms. The fraction of sp³-hybridized carbons (Fsp3) is 0.333. The molecule has 2 amide bonds. The second kappa shape index (κ2) is 11.5. The van der Waals surface area contributed by atoms with Crippen molar-refractivity contribution in [1.82, 2.24) is 15.2 Å². The number of benzene rings is 2. The Kier molecular flexibility index (Phi) is 7.92. The Morgan fingerprint density at radius 1 is 1.06 bits per heavy atom. The zero-order valence-electron chi connectivity index (χ0n) is 20.3. The monoisotopic (exact) mass is 477 g/mol. The van der Waals surface area contributed by atoms with Gasteiger partial charge >= 0.3 is 6.03 Å². The van der Waals surface area contributed by atoms with Crippen molar-refractivity contribution in [2.75, 3.05) is 27.4 Å². The summed E-state index contributed by atoms with van der Waals surface area (Å²) in [6.07, 6.45) is 3.49. The third kappa shape index (κ3) is 5.77. The summed E-state index contributed by atoms with van der Waals surface area (Å²) in [6.45, 7) is 3.52. The summed E-state index contributed by atoms with van der Waals surface area (Å²) in [5.74, 6) is 3.22. The highest BCUT2D eigenvalue weighted by atomic mass is 16.5. The van der Waals surface area contributed by atoms with Gasteiger partial charge in [-0.2, -0.15) is 0 Å². The van der Waals surface area contributed by atoms with Gasteiger partial charge in [0.2, 0.25) is 5.88 Å². The number of nitrogens with one attached hydrogen (secondary N) is 1. The number of carbonyl (C=O) groups is 1. The van der Waals surface area contributed by atoms with Crippen LogP contribution in [0.15, 0.2) is 60.8 Å². The highest BCUT2D eigenvalue weighted by Gasteiger charge is 2.32. The number of aromatic nitrogens is 1. The SMILES string of the molecule is CCOc1ccccc1Oc1ccc(CNC(=O)N2CCCC2c2cc(OC)ccc2OC)cn1. The van der Waals surface area contributed by atoms with Crippen LogP contribution in [0.5, 0.6) is 28.9 Å². The summed E-state index contributed by atoms with van der Waals surface area (Å²) in [7, 11) is 3.27. The number of carbonyl (C=O) groups excluding carboxylic acids is 1. The number of pyridine rings is 1. The quantitative estimate of drug-likeness (QED) is 0.448. The minimum atomic E-state index is -0.122. The molecule has 184 valence electrons. The summed E-state index contributed by atoms with van der Waals surface area (Å²) in [4.78, 5) is 19.3. The molecule has 2 heterocycles. The first-order valence-corrected chi connectivity index (χ1v) is 11.7. The number of likely N-dealkylation sites (tertiary alicyclic amines) is 1. The van der Waals surface area contributed by atoms with Crippen LogP contribution in [0.2, 0.25) is 0 Å². The van der Waals surface area contributed by atoms with Gasteiger partial charge in [0.1, 0.15) is 11.5 Å². The lowest BCUT2D eigenvalue weighted by molar-refractivity contribution is 0.191. The molecule has 0 spiro atoms. The van der Waals surface area contributed by atoms with Gasteiger partial charge in [0.05, 0.1) is 26.9 Å². The molecule has 1 atom stereocenters. The average molecular weight is 478 g/mol. The molecule has 1 N–H and O–H groups in total. The number of hydrogen-bond donors (Lipinski definition) is 1. The second-order valence-electron chi connectivity index (χ2n) is 8.10. The van der Waals surface area contributed by atoms with E-state index in [1.54, 1.807) is 26.5 Å². The number of rotatable bonds is 9. The minimum Gasteiger partial charge on any atom is -0.497 e. The number of para-hydroxylation sites is 2. The van der Waals surface area contributed by atoms with Gasteiger partial charge in [0.15, 0.2) is 11.5 Å². The molecule has 35 heavy (non-hydrogen) atoms. The molecule has 0 saturated carbocycles. The highest BCUT2D eigenvalue weighted by molar-refractivity contribution is 5.75. The third-order valence-corrected chi connectivity index (χ3v) is 5.91. The van der Waals surface area contributed by atoms with Crippen molar-refractivity contribution in [3.8, 4) is 28.9 Å². The number of nitrogens with zero attached hydrogens (tertiary/aromatic N) is 2. The molecular formula is C27H31N3O5. The summed E-state index contributed by atoms with van der Waals surface area (Å²) >= 11 is 0. The van der Waals surface area contributed by atoms with Gasteiger partial charge < -0.3 is 29.2 Å². The standard InChI is InChI=1S/C27H31N3O5/c1-4-34-24-9-5-6-10-25(24)35-26-14-11-19(17-28-26)18-29-27(31)30-15-7-8-22(30)21-16-20(32-2)12-13-23(21)33-3/h5-6,9-14,16-17,22H,4,7-8,15,18H2,1-3H3,(H,29,31). The predicted octanol–water partition coefficient (Wildman–Crippen LogP) is 5.34. The molecule has 8 nitrogen and oxygen atoms in total. The predicted molar refractivity (Wildman–Crippen MR) is 132 cm³/mol. The van der Waals surface area contributed by atoms with Gasteiger partial charge in [-0.05, 0) is 55.7 Å². The Bertz CT molecular complexity index is 1140. The molecule has 2 aromatic carbocycles. The Balaban J connectivity index is 1.38. The Labute approximate surface area is 205 Å². The normalized spacial score (nSPS) is 14.9. The van der Waals surface area contributed by atoms with E-state index < -0.39 is 0 Å². The summed E-state index contributed by atoms with van der Waals surface area (Å²) < 4.78 is 22.4. The number of urea groups is 1. The fourth-order valence-corrected chi connectivity index (χ4v) is 4.21. The van der Waals surface area contributed by atoms with Crippen molar-refractivity contribution in [3.05, 3.63) is 71.9 Å². The first-order chi connectivity index (χ1) is 17.1. The number of ether oxygens (including phenoxy) is 4. The number of methoxy groups -OCH3 is 2. The van der Waals surface area contributed by atoms with Crippen molar-refractivity contribution in [2.45, 2.75) is 32.4 Å². The van der Waals surface area contributed by atoms with Crippen LogP contribution in [-0.4, -0.2) is 43.3 Å². The van der Waals surface area contributed by atoms with E-state index in [9.17, 15) is 4.79 Å². The van der Waals surface area contributed by atoms with E-state index in [2.05, 4.69) is 10.3 Å². The van der Waals surface area contributed by atoms with Gasteiger partial charge in [0, 0.05) is 30.9 Å². The van der Waals surface area contributed by atoms with E-state index in [-0.39, 0.29) is 12.1 Å². The van der Waals surface area contributed by atoms with Crippen molar-refractivity contribution >= 4 is 6.03 Å². The molecule has 0 aliphatic carbocycles. The highest BCUT2D eigenvalue weighted by Crippen LogP contribution is 2.39. The summed E-state index contributed by atoms with van der Waals surface area (Å²) in [6, 6.07) is 16.6. The lowest BCUT2D eigenvalue weighted by atomic mass is 10.0. The van der Waals surface area contributed by atoms with Gasteiger partial charge in [-0.1, -0.05) is 18.2 Å². The number of amides is 2. The topological polar surface area (TPSA) is 82.2 Å². The minimum absolute atomic E-state index is 0.0700. The molecule has 1 saturated heterocycles. The molecule has 1 fully saturated rings. The van der Waals surface area contributed by atoms with E-state index in [0.29, 0.717) is 37.1 Å². The van der Waals surface area contributed by atoms with Gasteiger partial charge in [-0.25, -0.2) is 9.78 Å². The fourth-order valence-electron chi connectivity index (χ4n) is 4.21. The number of hydrogen-bond acceptors (Lipinski definition) is 6.